The molecule has 2 aliphatic heterocycles. The van der Waals surface area contributed by atoms with Crippen molar-refractivity contribution in [2.75, 3.05) is 19.6 Å². The second-order valence-corrected chi connectivity index (χ2v) is 6.85. The summed E-state index contributed by atoms with van der Waals surface area (Å²) in [6, 6.07) is 0.571. The van der Waals surface area contributed by atoms with Crippen molar-refractivity contribution in [2.45, 2.75) is 52.1 Å². The topological polar surface area (TPSA) is 44.0 Å². The minimum absolute atomic E-state index is 0.571. The first-order valence-electron chi connectivity index (χ1n) is 8.19. The molecule has 3 heterocycles. The summed E-state index contributed by atoms with van der Waals surface area (Å²) in [5.41, 5.74) is 2.54. The highest BCUT2D eigenvalue weighted by Gasteiger charge is 2.24. The second-order valence-electron chi connectivity index (χ2n) is 6.85. The quantitative estimate of drug-likeness (QED) is 0.889. The van der Waals surface area contributed by atoms with Crippen molar-refractivity contribution in [3.63, 3.8) is 0 Å². The van der Waals surface area contributed by atoms with E-state index >= 15 is 0 Å². The van der Waals surface area contributed by atoms with Crippen molar-refractivity contribution in [3.8, 4) is 0 Å². The molecule has 0 spiro atoms. The van der Waals surface area contributed by atoms with Crippen LogP contribution in [0.25, 0.3) is 0 Å². The summed E-state index contributed by atoms with van der Waals surface area (Å²) in [5, 5.41) is 3.65. The number of aromatic amines is 1. The Hall–Kier alpha value is -0.870. The number of nitrogens with zero attached hydrogens (tertiary/aromatic N) is 2. The Morgan fingerprint density at radius 3 is 3.10 bits per heavy atom. The van der Waals surface area contributed by atoms with Crippen LogP contribution < -0.4 is 5.32 Å². The van der Waals surface area contributed by atoms with Gasteiger partial charge in [0, 0.05) is 25.6 Å². The largest absolute Gasteiger partial charge is 0.347 e. The predicted molar refractivity (Wildman–Crippen MR) is 81.5 cm³/mol. The van der Waals surface area contributed by atoms with E-state index in [1.54, 1.807) is 0 Å². The molecule has 0 amide bonds. The Labute approximate surface area is 122 Å². The normalized spacial score (nSPS) is 28.4. The molecule has 1 aromatic heterocycles. The minimum atomic E-state index is 0.571. The molecule has 2 aliphatic rings. The van der Waals surface area contributed by atoms with Gasteiger partial charge < -0.3 is 15.2 Å². The third-order valence-electron chi connectivity index (χ3n) is 5.10. The fraction of sp³-hybridized carbons (Fsp3) is 0.812. The molecule has 2 atom stereocenters. The van der Waals surface area contributed by atoms with Gasteiger partial charge >= 0.3 is 0 Å². The summed E-state index contributed by atoms with van der Waals surface area (Å²) in [6.07, 6.45) is 7.05. The molecular weight excluding hydrogens is 248 g/mol. The lowest BCUT2D eigenvalue weighted by atomic mass is 9.89. The van der Waals surface area contributed by atoms with E-state index in [4.69, 9.17) is 0 Å². The Morgan fingerprint density at radius 2 is 2.25 bits per heavy atom. The second kappa shape index (κ2) is 6.27. The standard InChI is InChI=1S/C16H28N4/c1-12(2)13-4-3-6-20(7-5-13)10-14-8-15-16(9-17-14)19-11-18-15/h11-14,17H,3-10H2,1-2H3,(H,18,19). The minimum Gasteiger partial charge on any atom is -0.347 e. The summed E-state index contributed by atoms with van der Waals surface area (Å²) in [7, 11) is 0. The third kappa shape index (κ3) is 3.23. The van der Waals surface area contributed by atoms with Crippen LogP contribution in [0.2, 0.25) is 0 Å². The Bertz CT molecular complexity index is 426. The number of aromatic nitrogens is 2. The van der Waals surface area contributed by atoms with E-state index in [0.29, 0.717) is 6.04 Å². The number of rotatable bonds is 3. The molecule has 4 nitrogen and oxygen atoms in total. The Morgan fingerprint density at radius 1 is 1.35 bits per heavy atom. The van der Waals surface area contributed by atoms with Gasteiger partial charge in [0.05, 0.1) is 17.7 Å². The van der Waals surface area contributed by atoms with Crippen molar-refractivity contribution < 1.29 is 0 Å². The maximum atomic E-state index is 4.44. The molecule has 112 valence electrons. The molecule has 4 heteroatoms. The molecule has 1 aromatic rings. The number of nitrogens with one attached hydrogen (secondary N) is 2. The van der Waals surface area contributed by atoms with Crippen molar-refractivity contribution in [1.82, 2.24) is 20.2 Å². The Kier molecular flexibility index (Phi) is 4.41. The van der Waals surface area contributed by atoms with E-state index < -0.39 is 0 Å². The zero-order valence-corrected chi connectivity index (χ0v) is 12.9. The molecule has 3 rings (SSSR count). The molecule has 0 bridgehead atoms. The summed E-state index contributed by atoms with van der Waals surface area (Å²) >= 11 is 0. The lowest BCUT2D eigenvalue weighted by Crippen LogP contribution is -2.45. The number of fused-ring (bicyclic) bond motifs is 1. The number of hydrogen-bond donors (Lipinski definition) is 2. The van der Waals surface area contributed by atoms with Crippen molar-refractivity contribution in [1.29, 1.82) is 0 Å². The van der Waals surface area contributed by atoms with Gasteiger partial charge in [0.15, 0.2) is 0 Å². The van der Waals surface area contributed by atoms with Crippen LogP contribution in [0.5, 0.6) is 0 Å². The van der Waals surface area contributed by atoms with Crippen molar-refractivity contribution in [2.24, 2.45) is 11.8 Å². The molecular formula is C16H28N4. The van der Waals surface area contributed by atoms with Gasteiger partial charge in [-0.1, -0.05) is 13.8 Å². The van der Waals surface area contributed by atoms with E-state index in [-0.39, 0.29) is 0 Å². The van der Waals surface area contributed by atoms with Crippen LogP contribution in [0.3, 0.4) is 0 Å². The maximum Gasteiger partial charge on any atom is 0.0925 e. The number of likely N-dealkylation sites (tertiary alicyclic amines) is 1. The highest BCUT2D eigenvalue weighted by atomic mass is 15.2. The van der Waals surface area contributed by atoms with Crippen LogP contribution in [-0.2, 0) is 13.0 Å². The Balaban J connectivity index is 1.51. The van der Waals surface area contributed by atoms with Crippen LogP contribution in [0.15, 0.2) is 6.33 Å². The number of hydrogen-bond acceptors (Lipinski definition) is 3. The van der Waals surface area contributed by atoms with Crippen LogP contribution in [0, 0.1) is 11.8 Å². The number of imidazole rings is 1. The van der Waals surface area contributed by atoms with Crippen LogP contribution in [0.4, 0.5) is 0 Å². The van der Waals surface area contributed by atoms with Crippen LogP contribution >= 0.6 is 0 Å². The van der Waals surface area contributed by atoms with Gasteiger partial charge in [-0.05, 0) is 44.2 Å². The lowest BCUT2D eigenvalue weighted by molar-refractivity contribution is 0.236. The molecule has 0 aliphatic carbocycles. The molecule has 1 saturated heterocycles. The summed E-state index contributed by atoms with van der Waals surface area (Å²) < 4.78 is 0. The molecule has 1 fully saturated rings. The van der Waals surface area contributed by atoms with Gasteiger partial charge in [0.2, 0.25) is 0 Å². The summed E-state index contributed by atoms with van der Waals surface area (Å²) in [6.45, 7) is 9.42. The van der Waals surface area contributed by atoms with Gasteiger partial charge in [-0.25, -0.2) is 4.98 Å². The third-order valence-corrected chi connectivity index (χ3v) is 5.10. The average molecular weight is 276 g/mol. The average Bonchev–Trinajstić information content (AvgIpc) is 2.76. The lowest BCUT2D eigenvalue weighted by Gasteiger charge is -2.29. The zero-order valence-electron chi connectivity index (χ0n) is 12.9. The molecule has 20 heavy (non-hydrogen) atoms. The van der Waals surface area contributed by atoms with E-state index in [1.807, 2.05) is 6.33 Å². The smallest absolute Gasteiger partial charge is 0.0925 e. The highest BCUT2D eigenvalue weighted by Crippen LogP contribution is 2.25. The first-order valence-corrected chi connectivity index (χ1v) is 8.19. The van der Waals surface area contributed by atoms with Crippen molar-refractivity contribution in [3.05, 3.63) is 17.7 Å². The van der Waals surface area contributed by atoms with Crippen LogP contribution in [-0.4, -0.2) is 40.5 Å². The predicted octanol–water partition coefficient (Wildman–Crippen LogP) is 2.18. The fourth-order valence-corrected chi connectivity index (χ4v) is 3.70. The zero-order chi connectivity index (χ0) is 13.9. The molecule has 0 radical (unpaired) electrons. The van der Waals surface area contributed by atoms with Gasteiger partial charge in [-0.3, -0.25) is 0 Å². The fourth-order valence-electron chi connectivity index (χ4n) is 3.70. The van der Waals surface area contributed by atoms with E-state index in [1.165, 1.54) is 50.3 Å². The van der Waals surface area contributed by atoms with Crippen molar-refractivity contribution >= 4 is 0 Å². The van der Waals surface area contributed by atoms with E-state index in [9.17, 15) is 0 Å². The molecule has 2 N–H and O–H groups in total. The van der Waals surface area contributed by atoms with Gasteiger partial charge in [-0.15, -0.1) is 0 Å². The van der Waals surface area contributed by atoms with Gasteiger partial charge in [0.1, 0.15) is 0 Å². The van der Waals surface area contributed by atoms with Crippen LogP contribution in [0.1, 0.15) is 44.5 Å². The molecule has 0 aromatic carbocycles. The summed E-state index contributed by atoms with van der Waals surface area (Å²) in [4.78, 5) is 10.3. The highest BCUT2D eigenvalue weighted by molar-refractivity contribution is 5.16. The first-order chi connectivity index (χ1) is 9.72. The van der Waals surface area contributed by atoms with Gasteiger partial charge in [0.25, 0.3) is 0 Å². The SMILES string of the molecule is CC(C)C1CCCN(CC2Cc3nc[nH]c3CN2)CC1. The van der Waals surface area contributed by atoms with E-state index in [2.05, 4.69) is 34.0 Å². The maximum absolute atomic E-state index is 4.44. The first kappa shape index (κ1) is 14.1. The molecule has 2 unspecified atom stereocenters. The summed E-state index contributed by atoms with van der Waals surface area (Å²) in [5.74, 6) is 1.77. The monoisotopic (exact) mass is 276 g/mol. The van der Waals surface area contributed by atoms with E-state index in [0.717, 1.165) is 24.8 Å². The number of H-pyrrole nitrogens is 1. The van der Waals surface area contributed by atoms with Gasteiger partial charge in [-0.2, -0.15) is 0 Å². The molecule has 0 saturated carbocycles.